The van der Waals surface area contributed by atoms with Crippen LogP contribution in [0.2, 0.25) is 0 Å². The quantitative estimate of drug-likeness (QED) is 0.797. The van der Waals surface area contributed by atoms with Gasteiger partial charge in [0.1, 0.15) is 12.6 Å². The Bertz CT molecular complexity index is 919. The molecule has 1 atom stereocenters. The number of carbonyl (C=O) groups excluding carboxylic acids is 1. The van der Waals surface area contributed by atoms with Gasteiger partial charge in [-0.25, -0.2) is 0 Å². The van der Waals surface area contributed by atoms with Crippen LogP contribution in [0.1, 0.15) is 29.8 Å². The fraction of sp³-hybridized carbons (Fsp3) is 0.200. The summed E-state index contributed by atoms with van der Waals surface area (Å²) in [5.74, 6) is -0.0697. The Balaban J connectivity index is 1.84. The van der Waals surface area contributed by atoms with Crippen molar-refractivity contribution in [2.75, 3.05) is 0 Å². The lowest BCUT2D eigenvalue weighted by Gasteiger charge is -2.15. The number of carbonyl (C=O) groups is 1. The molecule has 0 fully saturated rings. The summed E-state index contributed by atoms with van der Waals surface area (Å²) < 4.78 is 1.90. The van der Waals surface area contributed by atoms with Crippen LogP contribution in [0.5, 0.6) is 0 Å². The van der Waals surface area contributed by atoms with Crippen LogP contribution in [0.25, 0.3) is 10.9 Å². The van der Waals surface area contributed by atoms with E-state index in [9.17, 15) is 10.1 Å². The highest BCUT2D eigenvalue weighted by Crippen LogP contribution is 2.25. The lowest BCUT2D eigenvalue weighted by Crippen LogP contribution is -2.30. The van der Waals surface area contributed by atoms with Crippen LogP contribution in [0.15, 0.2) is 54.6 Å². The number of rotatable bonds is 4. The minimum Gasteiger partial charge on any atom is -0.348 e. The van der Waals surface area contributed by atoms with Crippen LogP contribution in [0.4, 0.5) is 0 Å². The van der Waals surface area contributed by atoms with Crippen molar-refractivity contribution in [1.82, 2.24) is 9.88 Å². The number of nitrogens with one attached hydrogen (secondary N) is 1. The predicted molar refractivity (Wildman–Crippen MR) is 94.4 cm³/mol. The molecule has 0 radical (unpaired) electrons. The molecule has 3 aromatic rings. The number of amides is 1. The topological polar surface area (TPSA) is 57.8 Å². The van der Waals surface area contributed by atoms with Gasteiger partial charge in [0.2, 0.25) is 5.91 Å². The first-order chi connectivity index (χ1) is 11.6. The summed E-state index contributed by atoms with van der Waals surface area (Å²) in [4.78, 5) is 12.5. The second kappa shape index (κ2) is 6.59. The van der Waals surface area contributed by atoms with Gasteiger partial charge >= 0.3 is 0 Å². The zero-order chi connectivity index (χ0) is 17.1. The zero-order valence-electron chi connectivity index (χ0n) is 13.8. The van der Waals surface area contributed by atoms with Crippen molar-refractivity contribution in [1.29, 1.82) is 5.26 Å². The standard InChI is InChI=1S/C20H19N3O/c1-14(16-8-4-3-5-9-16)22-20(24)13-23-15(2)18(12-21)17-10-6-7-11-19(17)23/h3-11,14H,13H2,1-2H3,(H,22,24)/t14-/m0/s1. The van der Waals surface area contributed by atoms with E-state index < -0.39 is 0 Å². The van der Waals surface area contributed by atoms with Gasteiger partial charge in [0.05, 0.1) is 17.1 Å². The summed E-state index contributed by atoms with van der Waals surface area (Å²) in [7, 11) is 0. The maximum absolute atomic E-state index is 12.5. The maximum atomic E-state index is 12.5. The van der Waals surface area contributed by atoms with Gasteiger partial charge in [-0.1, -0.05) is 48.5 Å². The van der Waals surface area contributed by atoms with Crippen molar-refractivity contribution in [2.45, 2.75) is 26.4 Å². The van der Waals surface area contributed by atoms with E-state index in [1.54, 1.807) is 0 Å². The molecule has 0 unspecified atom stereocenters. The van der Waals surface area contributed by atoms with Gasteiger partial charge in [-0.3, -0.25) is 4.79 Å². The molecule has 0 saturated carbocycles. The minimum absolute atomic E-state index is 0.0590. The minimum atomic E-state index is -0.0697. The number of nitrogens with zero attached hydrogens (tertiary/aromatic N) is 2. The molecule has 24 heavy (non-hydrogen) atoms. The third kappa shape index (κ3) is 2.89. The molecule has 1 aromatic heterocycles. The molecule has 0 aliphatic carbocycles. The van der Waals surface area contributed by atoms with E-state index in [0.29, 0.717) is 5.56 Å². The first-order valence-corrected chi connectivity index (χ1v) is 7.94. The van der Waals surface area contributed by atoms with Gasteiger partial charge < -0.3 is 9.88 Å². The highest BCUT2D eigenvalue weighted by Gasteiger charge is 2.16. The van der Waals surface area contributed by atoms with Crippen molar-refractivity contribution in [2.24, 2.45) is 0 Å². The fourth-order valence-corrected chi connectivity index (χ4v) is 3.03. The second-order valence-corrected chi connectivity index (χ2v) is 5.88. The van der Waals surface area contributed by atoms with Crippen molar-refractivity contribution in [3.63, 3.8) is 0 Å². The summed E-state index contributed by atoms with van der Waals surface area (Å²) in [6.07, 6.45) is 0. The molecule has 0 saturated heterocycles. The van der Waals surface area contributed by atoms with Gasteiger partial charge in [-0.2, -0.15) is 5.26 Å². The van der Waals surface area contributed by atoms with E-state index in [-0.39, 0.29) is 18.5 Å². The number of nitriles is 1. The van der Waals surface area contributed by atoms with Gasteiger partial charge in [0.15, 0.2) is 0 Å². The largest absolute Gasteiger partial charge is 0.348 e. The molecular formula is C20H19N3O. The van der Waals surface area contributed by atoms with Gasteiger partial charge in [0.25, 0.3) is 0 Å². The van der Waals surface area contributed by atoms with E-state index in [1.807, 2.05) is 73.0 Å². The third-order valence-electron chi connectivity index (χ3n) is 4.32. The Labute approximate surface area is 141 Å². The molecule has 1 amide bonds. The lowest BCUT2D eigenvalue weighted by atomic mass is 10.1. The third-order valence-corrected chi connectivity index (χ3v) is 4.32. The Hall–Kier alpha value is -3.06. The van der Waals surface area contributed by atoms with Gasteiger partial charge in [-0.15, -0.1) is 0 Å². The summed E-state index contributed by atoms with van der Waals surface area (Å²) in [5, 5.41) is 13.3. The van der Waals surface area contributed by atoms with Crippen molar-refractivity contribution < 1.29 is 4.79 Å². The second-order valence-electron chi connectivity index (χ2n) is 5.88. The molecule has 1 heterocycles. The normalized spacial score (nSPS) is 11.9. The molecule has 0 spiro atoms. The smallest absolute Gasteiger partial charge is 0.240 e. The monoisotopic (exact) mass is 317 g/mol. The summed E-state index contributed by atoms with van der Waals surface area (Å²) in [6, 6.07) is 19.7. The molecule has 0 aliphatic heterocycles. The molecule has 120 valence electrons. The van der Waals surface area contributed by atoms with Crippen molar-refractivity contribution in [3.05, 3.63) is 71.4 Å². The Morgan fingerprint density at radius 2 is 1.83 bits per heavy atom. The molecule has 1 N–H and O–H groups in total. The molecule has 0 aliphatic rings. The van der Waals surface area contributed by atoms with Crippen molar-refractivity contribution in [3.8, 4) is 6.07 Å². The molecule has 2 aromatic carbocycles. The number of para-hydroxylation sites is 1. The van der Waals surface area contributed by atoms with Gasteiger partial charge in [0, 0.05) is 11.1 Å². The average Bonchev–Trinajstić information content (AvgIpc) is 2.87. The highest BCUT2D eigenvalue weighted by molar-refractivity contribution is 5.89. The summed E-state index contributed by atoms with van der Waals surface area (Å²) in [5.41, 5.74) is 3.43. The van der Waals surface area contributed by atoms with Crippen molar-refractivity contribution >= 4 is 16.8 Å². The zero-order valence-corrected chi connectivity index (χ0v) is 13.8. The van der Waals surface area contributed by atoms with E-state index in [1.165, 1.54) is 0 Å². The highest BCUT2D eigenvalue weighted by atomic mass is 16.2. The first kappa shape index (κ1) is 15.8. The molecule has 4 nitrogen and oxygen atoms in total. The molecular weight excluding hydrogens is 298 g/mol. The Morgan fingerprint density at radius 1 is 1.17 bits per heavy atom. The van der Waals surface area contributed by atoms with Crippen LogP contribution >= 0.6 is 0 Å². The van der Waals surface area contributed by atoms with Crippen LogP contribution in [-0.4, -0.2) is 10.5 Å². The number of benzene rings is 2. The van der Waals surface area contributed by atoms with Gasteiger partial charge in [-0.05, 0) is 25.5 Å². The Kier molecular flexibility index (Phi) is 4.35. The van der Waals surface area contributed by atoms with E-state index in [4.69, 9.17) is 0 Å². The van der Waals surface area contributed by atoms with Crippen LogP contribution in [-0.2, 0) is 11.3 Å². The van der Waals surface area contributed by atoms with Crippen LogP contribution in [0.3, 0.4) is 0 Å². The molecule has 3 rings (SSSR count). The van der Waals surface area contributed by atoms with E-state index in [2.05, 4.69) is 11.4 Å². The lowest BCUT2D eigenvalue weighted by molar-refractivity contribution is -0.122. The fourth-order valence-electron chi connectivity index (χ4n) is 3.03. The summed E-state index contributed by atoms with van der Waals surface area (Å²) >= 11 is 0. The van der Waals surface area contributed by atoms with Crippen LogP contribution in [0, 0.1) is 18.3 Å². The number of fused-ring (bicyclic) bond motifs is 1. The number of hydrogen-bond donors (Lipinski definition) is 1. The average molecular weight is 317 g/mol. The van der Waals surface area contributed by atoms with Crippen LogP contribution < -0.4 is 5.32 Å². The predicted octanol–water partition coefficient (Wildman–Crippen LogP) is 3.70. The molecule has 0 bridgehead atoms. The maximum Gasteiger partial charge on any atom is 0.240 e. The first-order valence-electron chi connectivity index (χ1n) is 7.94. The van der Waals surface area contributed by atoms with E-state index in [0.717, 1.165) is 22.2 Å². The van der Waals surface area contributed by atoms with E-state index >= 15 is 0 Å². The SMILES string of the molecule is Cc1c(C#N)c2ccccc2n1CC(=O)N[C@@H](C)c1ccccc1. The molecule has 4 heteroatoms. The summed E-state index contributed by atoms with van der Waals surface area (Å²) in [6.45, 7) is 4.05. The number of hydrogen-bond acceptors (Lipinski definition) is 2. The Morgan fingerprint density at radius 3 is 2.54 bits per heavy atom. The number of aromatic nitrogens is 1.